The topological polar surface area (TPSA) is 120 Å². The molecule has 0 fully saturated rings. The van der Waals surface area contributed by atoms with E-state index in [2.05, 4.69) is 10.2 Å². The molecule has 0 spiro atoms. The maximum Gasteiger partial charge on any atom is 1.00 e. The van der Waals surface area contributed by atoms with Gasteiger partial charge < -0.3 is 21.7 Å². The average Bonchev–Trinajstić information content (AvgIpc) is 2.02. The Kier molecular flexibility index (Phi) is 13.0. The van der Waals surface area contributed by atoms with Crippen molar-refractivity contribution in [1.82, 2.24) is 0 Å². The van der Waals surface area contributed by atoms with Crippen LogP contribution in [0.25, 0.3) is 0 Å². The van der Waals surface area contributed by atoms with Crippen molar-refractivity contribution < 1.29 is 61.6 Å². The fraction of sp³-hybridized carbons (Fsp3) is 0.667. The van der Waals surface area contributed by atoms with Gasteiger partial charge in [-0.3, -0.25) is 0 Å². The van der Waals surface area contributed by atoms with Crippen molar-refractivity contribution >= 4 is 11.7 Å². The molecular weight excluding hydrogens is 199 g/mol. The molecule has 0 aromatic rings. The van der Waals surface area contributed by atoms with E-state index in [1.54, 1.807) is 0 Å². The summed E-state index contributed by atoms with van der Waals surface area (Å²) in [6, 6.07) is 0. The smallest absolute Gasteiger partial charge is 0.854 e. The normalized spacial score (nSPS) is 12.5. The van der Waals surface area contributed by atoms with Crippen molar-refractivity contribution in [3.8, 4) is 0 Å². The zero-order valence-corrected chi connectivity index (χ0v) is 10.9. The Labute approximate surface area is 120 Å². The summed E-state index contributed by atoms with van der Waals surface area (Å²) in [6.45, 7) is -0.392. The van der Waals surface area contributed by atoms with Crippen LogP contribution in [0.3, 0.4) is 0 Å². The van der Waals surface area contributed by atoms with Crippen molar-refractivity contribution in [2.75, 3.05) is 13.2 Å². The average molecular weight is 212 g/mol. The van der Waals surface area contributed by atoms with E-state index >= 15 is 0 Å². The Hall–Kier alpha value is 0.496. The summed E-state index contributed by atoms with van der Waals surface area (Å²) in [5, 5.41) is 25.4. The number of nitrogens with zero attached hydrogens (tertiary/aromatic N) is 2. The molecule has 0 rings (SSSR count). The van der Waals surface area contributed by atoms with Gasteiger partial charge in [-0.15, -0.1) is 16.8 Å². The molecule has 0 radical (unpaired) electrons. The van der Waals surface area contributed by atoms with Crippen molar-refractivity contribution in [3.63, 3.8) is 0 Å². The minimum atomic E-state index is -0.315. The van der Waals surface area contributed by atoms with E-state index < -0.39 is 0 Å². The van der Waals surface area contributed by atoms with Gasteiger partial charge in [-0.05, 0) is 6.42 Å². The molecule has 0 bridgehead atoms. The molecule has 70 valence electrons. The van der Waals surface area contributed by atoms with Gasteiger partial charge in [0.2, 0.25) is 0 Å². The molecule has 0 unspecified atom stereocenters. The molecule has 13 heavy (non-hydrogen) atoms. The van der Waals surface area contributed by atoms with E-state index in [4.69, 9.17) is 16.6 Å². The van der Waals surface area contributed by atoms with Gasteiger partial charge in [0.05, 0.1) is 6.61 Å². The maximum atomic E-state index is 10.0. The van der Waals surface area contributed by atoms with Crippen molar-refractivity contribution in [2.24, 2.45) is 21.7 Å². The molecule has 0 amide bonds. The van der Waals surface area contributed by atoms with E-state index in [1.165, 1.54) is 0 Å². The third kappa shape index (κ3) is 10.4. The summed E-state index contributed by atoms with van der Waals surface area (Å²) in [4.78, 5) is 0. The van der Waals surface area contributed by atoms with Gasteiger partial charge in [0.25, 0.3) is 0 Å². The molecular formula is C6H13KN4O2. The monoisotopic (exact) mass is 212 g/mol. The van der Waals surface area contributed by atoms with Gasteiger partial charge in [0, 0.05) is 6.42 Å². The predicted octanol–water partition coefficient (Wildman–Crippen LogP) is -5.25. The molecule has 0 aliphatic carbocycles. The molecule has 0 aliphatic rings. The fourth-order valence-corrected chi connectivity index (χ4v) is 0.448. The largest absolute Gasteiger partial charge is 1.00 e. The summed E-state index contributed by atoms with van der Waals surface area (Å²) < 4.78 is 0. The summed E-state index contributed by atoms with van der Waals surface area (Å²) in [6.07, 6.45) is 0.421. The Bertz CT molecular complexity index is 163. The second kappa shape index (κ2) is 10.6. The first kappa shape index (κ1) is 15.9. The first-order chi connectivity index (χ1) is 5.70. The van der Waals surface area contributed by atoms with Gasteiger partial charge in [-0.1, -0.05) is 0 Å². The van der Waals surface area contributed by atoms with Crippen LogP contribution in [-0.2, 0) is 0 Å². The molecule has 0 atom stereocenters. The molecule has 0 saturated heterocycles. The molecule has 0 heterocycles. The van der Waals surface area contributed by atoms with Gasteiger partial charge in [-0.25, -0.2) is 0 Å². The Balaban J connectivity index is 0. The SMILES string of the molecule is N/C(CC[O-])=N\N=C(/N)CCO.[K+]. The third-order valence-corrected chi connectivity index (χ3v) is 1.03. The van der Waals surface area contributed by atoms with E-state index in [0.29, 0.717) is 0 Å². The van der Waals surface area contributed by atoms with Crippen LogP contribution in [0.4, 0.5) is 0 Å². The molecule has 5 N–H and O–H groups in total. The van der Waals surface area contributed by atoms with E-state index in [-0.39, 0.29) is 89.1 Å². The zero-order valence-electron chi connectivity index (χ0n) is 7.73. The van der Waals surface area contributed by atoms with E-state index in [1.807, 2.05) is 0 Å². The zero-order chi connectivity index (χ0) is 9.40. The molecule has 0 aromatic carbocycles. The maximum absolute atomic E-state index is 10.0. The molecule has 7 heteroatoms. The second-order valence-electron chi connectivity index (χ2n) is 2.11. The number of hydrogen-bond donors (Lipinski definition) is 3. The molecule has 0 aliphatic heterocycles. The van der Waals surface area contributed by atoms with Crippen LogP contribution >= 0.6 is 0 Å². The quantitative estimate of drug-likeness (QED) is 0.182. The molecule has 0 aromatic heterocycles. The number of nitrogens with two attached hydrogens (primary N) is 2. The van der Waals surface area contributed by atoms with Crippen molar-refractivity contribution in [3.05, 3.63) is 0 Å². The van der Waals surface area contributed by atoms with E-state index in [9.17, 15) is 5.11 Å². The second-order valence-corrected chi connectivity index (χ2v) is 2.11. The Morgan fingerprint density at radius 1 is 1.15 bits per heavy atom. The molecule has 0 saturated carbocycles. The van der Waals surface area contributed by atoms with Crippen molar-refractivity contribution in [1.29, 1.82) is 0 Å². The van der Waals surface area contributed by atoms with Crippen LogP contribution in [0, 0.1) is 0 Å². The number of aliphatic hydroxyl groups is 1. The van der Waals surface area contributed by atoms with Crippen LogP contribution in [0.1, 0.15) is 12.8 Å². The Morgan fingerprint density at radius 3 is 2.00 bits per heavy atom. The summed E-state index contributed by atoms with van der Waals surface area (Å²) >= 11 is 0. The van der Waals surface area contributed by atoms with Crippen LogP contribution in [0.15, 0.2) is 10.2 Å². The number of aliphatic hydroxyl groups excluding tert-OH is 1. The summed E-state index contributed by atoms with van der Waals surface area (Å²) in [5.41, 5.74) is 10.5. The summed E-state index contributed by atoms with van der Waals surface area (Å²) in [7, 11) is 0. The summed E-state index contributed by atoms with van der Waals surface area (Å²) in [5.74, 6) is 0.359. The number of rotatable bonds is 5. The van der Waals surface area contributed by atoms with Crippen LogP contribution in [0.2, 0.25) is 0 Å². The minimum Gasteiger partial charge on any atom is -0.854 e. The van der Waals surface area contributed by atoms with Gasteiger partial charge in [0.1, 0.15) is 11.7 Å². The van der Waals surface area contributed by atoms with Gasteiger partial charge in [0.15, 0.2) is 0 Å². The van der Waals surface area contributed by atoms with Crippen molar-refractivity contribution in [2.45, 2.75) is 12.8 Å². The standard InChI is InChI=1S/C6H13N4O2.K/c7-5(1-3-11)9-10-6(8)2-4-12;/h11H,1-4H2,(H2,7,9)(H2,8,10);/q-1;+1. The Morgan fingerprint density at radius 2 is 1.62 bits per heavy atom. The van der Waals surface area contributed by atoms with Gasteiger partial charge in [-0.2, -0.15) is 0 Å². The van der Waals surface area contributed by atoms with Crippen LogP contribution in [-0.4, -0.2) is 30.0 Å². The van der Waals surface area contributed by atoms with Gasteiger partial charge >= 0.3 is 51.4 Å². The fourth-order valence-electron chi connectivity index (χ4n) is 0.448. The third-order valence-electron chi connectivity index (χ3n) is 1.03. The van der Waals surface area contributed by atoms with Crippen LogP contribution in [0.5, 0.6) is 0 Å². The van der Waals surface area contributed by atoms with Crippen LogP contribution < -0.4 is 68.0 Å². The molecule has 6 nitrogen and oxygen atoms in total. The minimum absolute atomic E-state index is 0. The first-order valence-electron chi connectivity index (χ1n) is 3.54. The number of amidine groups is 2. The first-order valence-corrected chi connectivity index (χ1v) is 3.54. The van der Waals surface area contributed by atoms with E-state index in [0.717, 1.165) is 0 Å². The predicted molar refractivity (Wildman–Crippen MR) is 44.4 cm³/mol. The number of hydrogen-bond acceptors (Lipinski definition) is 4.